The van der Waals surface area contributed by atoms with Gasteiger partial charge in [0.2, 0.25) is 0 Å². The number of hydrogen-bond donors (Lipinski definition) is 1. The number of aliphatic carboxylic acids is 1. The molecule has 160 valence electrons. The molecule has 0 spiro atoms. The highest BCUT2D eigenvalue weighted by molar-refractivity contribution is 6.30. The first-order chi connectivity index (χ1) is 15.0. The number of nitrogens with zero attached hydrogens (tertiary/aromatic N) is 1. The average molecular weight is 438 g/mol. The van der Waals surface area contributed by atoms with Gasteiger partial charge in [0.1, 0.15) is 12.6 Å². The lowest BCUT2D eigenvalue weighted by atomic mass is 10.1. The quantitative estimate of drug-likeness (QED) is 0.455. The molecule has 0 aliphatic rings. The van der Waals surface area contributed by atoms with Gasteiger partial charge in [-0.25, -0.2) is 0 Å². The molecule has 3 aromatic rings. The summed E-state index contributed by atoms with van der Waals surface area (Å²) in [5.41, 5.74) is 2.73. The van der Waals surface area contributed by atoms with E-state index in [1.807, 2.05) is 60.7 Å². The van der Waals surface area contributed by atoms with Crippen LogP contribution in [0.15, 0.2) is 84.9 Å². The second-order valence-electron chi connectivity index (χ2n) is 7.22. The molecule has 0 amide bonds. The molecular weight excluding hydrogens is 414 g/mol. The SMILES string of the molecule is O=C(C[C@@H](C(=O)O)N(Cc1ccccc1)Cc1ccccc1)OCc1ccc(Cl)cc1. The van der Waals surface area contributed by atoms with Crippen LogP contribution < -0.4 is 0 Å². The molecule has 0 aromatic heterocycles. The molecule has 3 aromatic carbocycles. The van der Waals surface area contributed by atoms with Crippen LogP contribution in [0.4, 0.5) is 0 Å². The Balaban J connectivity index is 1.71. The summed E-state index contributed by atoms with van der Waals surface area (Å²) in [5, 5.41) is 10.5. The van der Waals surface area contributed by atoms with Gasteiger partial charge in [-0.2, -0.15) is 0 Å². The normalized spacial score (nSPS) is 11.8. The van der Waals surface area contributed by atoms with Gasteiger partial charge < -0.3 is 9.84 Å². The molecule has 3 rings (SSSR count). The molecule has 0 saturated carbocycles. The zero-order chi connectivity index (χ0) is 22.1. The van der Waals surface area contributed by atoms with Crippen LogP contribution in [0.25, 0.3) is 0 Å². The van der Waals surface area contributed by atoms with Crippen LogP contribution in [0.3, 0.4) is 0 Å². The number of ether oxygens (including phenoxy) is 1. The lowest BCUT2D eigenvalue weighted by molar-refractivity contribution is -0.154. The van der Waals surface area contributed by atoms with E-state index in [9.17, 15) is 14.7 Å². The number of carboxylic acids is 1. The summed E-state index contributed by atoms with van der Waals surface area (Å²) in [6.45, 7) is 0.869. The number of benzene rings is 3. The minimum Gasteiger partial charge on any atom is -0.480 e. The summed E-state index contributed by atoms with van der Waals surface area (Å²) in [5.74, 6) is -1.62. The highest BCUT2D eigenvalue weighted by atomic mass is 35.5. The fourth-order valence-electron chi connectivity index (χ4n) is 3.25. The van der Waals surface area contributed by atoms with Gasteiger partial charge in [-0.1, -0.05) is 84.4 Å². The molecule has 1 N–H and O–H groups in total. The van der Waals surface area contributed by atoms with E-state index < -0.39 is 18.0 Å². The van der Waals surface area contributed by atoms with E-state index in [2.05, 4.69) is 0 Å². The number of rotatable bonds is 10. The molecule has 5 nitrogen and oxygen atoms in total. The lowest BCUT2D eigenvalue weighted by Crippen LogP contribution is -2.42. The van der Waals surface area contributed by atoms with Crippen molar-refractivity contribution < 1.29 is 19.4 Å². The molecule has 31 heavy (non-hydrogen) atoms. The van der Waals surface area contributed by atoms with Crippen molar-refractivity contribution in [2.24, 2.45) is 0 Å². The maximum absolute atomic E-state index is 12.5. The predicted octanol–water partition coefficient (Wildman–Crippen LogP) is 4.93. The van der Waals surface area contributed by atoms with Crippen LogP contribution in [0.5, 0.6) is 0 Å². The third-order valence-corrected chi connectivity index (χ3v) is 5.11. The van der Waals surface area contributed by atoms with Crippen LogP contribution >= 0.6 is 11.6 Å². The Morgan fingerprint density at radius 1 is 0.806 bits per heavy atom. The summed E-state index contributed by atoms with van der Waals surface area (Å²) in [7, 11) is 0. The zero-order valence-corrected chi connectivity index (χ0v) is 17.7. The second kappa shape index (κ2) is 11.3. The van der Waals surface area contributed by atoms with Crippen LogP contribution in [-0.4, -0.2) is 28.0 Å². The zero-order valence-electron chi connectivity index (χ0n) is 17.0. The Morgan fingerprint density at radius 3 is 1.81 bits per heavy atom. The average Bonchev–Trinajstić information content (AvgIpc) is 2.78. The van der Waals surface area contributed by atoms with E-state index in [-0.39, 0.29) is 13.0 Å². The first kappa shape index (κ1) is 22.5. The van der Waals surface area contributed by atoms with Gasteiger partial charge >= 0.3 is 11.9 Å². The summed E-state index contributed by atoms with van der Waals surface area (Å²) < 4.78 is 5.33. The van der Waals surface area contributed by atoms with Crippen molar-refractivity contribution in [3.8, 4) is 0 Å². The fraction of sp³-hybridized carbons (Fsp3) is 0.200. The van der Waals surface area contributed by atoms with E-state index in [0.29, 0.717) is 18.1 Å². The van der Waals surface area contributed by atoms with Crippen molar-refractivity contribution in [1.29, 1.82) is 0 Å². The first-order valence-corrected chi connectivity index (χ1v) is 10.3. The smallest absolute Gasteiger partial charge is 0.321 e. The Kier molecular flexibility index (Phi) is 8.21. The van der Waals surface area contributed by atoms with Crippen LogP contribution in [-0.2, 0) is 34.0 Å². The van der Waals surface area contributed by atoms with Gasteiger partial charge in [-0.15, -0.1) is 0 Å². The highest BCUT2D eigenvalue weighted by Crippen LogP contribution is 2.17. The molecule has 0 aliphatic heterocycles. The van der Waals surface area contributed by atoms with E-state index >= 15 is 0 Å². The standard InChI is InChI=1S/C25H24ClNO4/c26-22-13-11-21(12-14-22)18-31-24(28)15-23(25(29)30)27(16-19-7-3-1-4-8-19)17-20-9-5-2-6-10-20/h1-14,23H,15-18H2,(H,29,30)/t23-/m0/s1. The minimum atomic E-state index is -1.06. The van der Waals surface area contributed by atoms with E-state index in [1.54, 1.807) is 29.2 Å². The Labute approximate surface area is 186 Å². The van der Waals surface area contributed by atoms with Crippen molar-refractivity contribution in [2.45, 2.75) is 32.2 Å². The summed E-state index contributed by atoms with van der Waals surface area (Å²) in [4.78, 5) is 26.4. The van der Waals surface area contributed by atoms with Gasteiger partial charge in [0.25, 0.3) is 0 Å². The molecule has 0 bridgehead atoms. The van der Waals surface area contributed by atoms with Crippen molar-refractivity contribution in [1.82, 2.24) is 4.90 Å². The lowest BCUT2D eigenvalue weighted by Gasteiger charge is -2.28. The van der Waals surface area contributed by atoms with Crippen molar-refractivity contribution in [3.63, 3.8) is 0 Å². The summed E-state index contributed by atoms with van der Waals surface area (Å²) >= 11 is 5.87. The van der Waals surface area contributed by atoms with E-state index in [4.69, 9.17) is 16.3 Å². The van der Waals surface area contributed by atoms with Crippen molar-refractivity contribution >= 4 is 23.5 Å². The van der Waals surface area contributed by atoms with Gasteiger partial charge in [0.15, 0.2) is 0 Å². The predicted molar refractivity (Wildman–Crippen MR) is 119 cm³/mol. The number of carbonyl (C=O) groups is 2. The highest BCUT2D eigenvalue weighted by Gasteiger charge is 2.29. The maximum Gasteiger partial charge on any atom is 0.321 e. The number of hydrogen-bond acceptors (Lipinski definition) is 4. The third-order valence-electron chi connectivity index (χ3n) is 4.86. The first-order valence-electron chi connectivity index (χ1n) is 9.96. The van der Waals surface area contributed by atoms with Crippen LogP contribution in [0.2, 0.25) is 5.02 Å². The Bertz CT molecular complexity index is 936. The van der Waals surface area contributed by atoms with Crippen molar-refractivity contribution in [2.75, 3.05) is 0 Å². The Morgan fingerprint density at radius 2 is 1.32 bits per heavy atom. The Hall–Kier alpha value is -3.15. The molecule has 6 heteroatoms. The largest absolute Gasteiger partial charge is 0.480 e. The number of halogens is 1. The second-order valence-corrected chi connectivity index (χ2v) is 7.66. The number of esters is 1. The third kappa shape index (κ3) is 7.24. The monoisotopic (exact) mass is 437 g/mol. The molecule has 0 fully saturated rings. The fourth-order valence-corrected chi connectivity index (χ4v) is 3.37. The van der Waals surface area contributed by atoms with E-state index in [1.165, 1.54) is 0 Å². The molecule has 0 saturated heterocycles. The topological polar surface area (TPSA) is 66.8 Å². The van der Waals surface area contributed by atoms with Gasteiger partial charge in [0, 0.05) is 18.1 Å². The van der Waals surface area contributed by atoms with Crippen molar-refractivity contribution in [3.05, 3.63) is 107 Å². The minimum absolute atomic E-state index is 0.0692. The van der Waals surface area contributed by atoms with Crippen LogP contribution in [0.1, 0.15) is 23.1 Å². The summed E-state index contributed by atoms with van der Waals surface area (Å²) in [6, 6.07) is 25.2. The molecular formula is C25H24ClNO4. The number of carboxylic acid groups (broad SMARTS) is 1. The van der Waals surface area contributed by atoms with E-state index in [0.717, 1.165) is 16.7 Å². The molecule has 0 unspecified atom stereocenters. The summed E-state index contributed by atoms with van der Waals surface area (Å²) in [6.07, 6.45) is -0.247. The van der Waals surface area contributed by atoms with Crippen LogP contribution in [0, 0.1) is 0 Å². The van der Waals surface area contributed by atoms with Gasteiger partial charge in [-0.05, 0) is 28.8 Å². The van der Waals surface area contributed by atoms with Gasteiger partial charge in [0.05, 0.1) is 6.42 Å². The van der Waals surface area contributed by atoms with Gasteiger partial charge in [-0.3, -0.25) is 14.5 Å². The molecule has 0 heterocycles. The molecule has 1 atom stereocenters. The number of carbonyl (C=O) groups excluding carboxylic acids is 1. The maximum atomic E-state index is 12.5. The molecule has 0 radical (unpaired) electrons. The molecule has 0 aliphatic carbocycles.